The average Bonchev–Trinajstić information content (AvgIpc) is 2.88. The van der Waals surface area contributed by atoms with Gasteiger partial charge in [-0.25, -0.2) is 0 Å². The van der Waals surface area contributed by atoms with Gasteiger partial charge in [-0.15, -0.1) is 0 Å². The monoisotopic (exact) mass is 454 g/mol. The average molecular weight is 455 g/mol. The lowest BCUT2D eigenvalue weighted by atomic mass is 10.0. The van der Waals surface area contributed by atoms with Gasteiger partial charge in [0.1, 0.15) is 12.4 Å². The number of hydrogen-bond acceptors (Lipinski definition) is 4. The smallest absolute Gasteiger partial charge is 0.313 e. The largest absolute Gasteiger partial charge is 0.497 e. The van der Waals surface area contributed by atoms with Crippen molar-refractivity contribution in [3.8, 4) is 16.9 Å². The summed E-state index contributed by atoms with van der Waals surface area (Å²) < 4.78 is 10.8. The Morgan fingerprint density at radius 1 is 0.788 bits per heavy atom. The quantitative estimate of drug-likeness (QED) is 0.261. The van der Waals surface area contributed by atoms with Crippen LogP contribution in [0.4, 0.5) is 0 Å². The van der Waals surface area contributed by atoms with Gasteiger partial charge in [0.25, 0.3) is 0 Å². The first-order valence-corrected chi connectivity index (χ1v) is 11.7. The molecule has 0 saturated carbocycles. The topological polar surface area (TPSA) is 35.5 Å². The number of methoxy groups -OCH3 is 1. The van der Waals surface area contributed by atoms with E-state index in [1.54, 1.807) is 18.9 Å². The molecule has 0 spiro atoms. The van der Waals surface area contributed by atoms with Crippen molar-refractivity contribution < 1.29 is 14.3 Å². The highest BCUT2D eigenvalue weighted by Crippen LogP contribution is 2.35. The van der Waals surface area contributed by atoms with Gasteiger partial charge < -0.3 is 9.47 Å². The molecular weight excluding hydrogens is 428 g/mol. The van der Waals surface area contributed by atoms with Crippen molar-refractivity contribution in [2.75, 3.05) is 7.11 Å². The van der Waals surface area contributed by atoms with Gasteiger partial charge in [0.15, 0.2) is 0 Å². The molecule has 0 aliphatic rings. The SMILES string of the molecule is COc1ccc(-c2ccc(Sc3ccccc3C(C)C(=O)OCc3ccccc3)cc2)cc1. The lowest BCUT2D eigenvalue weighted by Gasteiger charge is -2.16. The molecule has 0 radical (unpaired) electrons. The van der Waals surface area contributed by atoms with Gasteiger partial charge in [0, 0.05) is 9.79 Å². The summed E-state index contributed by atoms with van der Waals surface area (Å²) in [6.07, 6.45) is 0. The lowest BCUT2D eigenvalue weighted by molar-refractivity contribution is -0.146. The zero-order valence-corrected chi connectivity index (χ0v) is 19.5. The molecule has 1 atom stereocenters. The van der Waals surface area contributed by atoms with Crippen LogP contribution in [0.1, 0.15) is 24.0 Å². The van der Waals surface area contributed by atoms with Crippen LogP contribution in [-0.2, 0) is 16.1 Å². The third kappa shape index (κ3) is 5.85. The zero-order chi connectivity index (χ0) is 23.0. The van der Waals surface area contributed by atoms with Crippen LogP contribution in [0.2, 0.25) is 0 Å². The molecule has 0 amide bonds. The number of carbonyl (C=O) groups is 1. The third-order valence-corrected chi connectivity index (χ3v) is 6.57. The molecule has 0 fully saturated rings. The van der Waals surface area contributed by atoms with E-state index in [2.05, 4.69) is 42.5 Å². The van der Waals surface area contributed by atoms with Crippen molar-refractivity contribution >= 4 is 17.7 Å². The number of carbonyl (C=O) groups excluding carboxylic acids is 1. The molecule has 4 heteroatoms. The standard InChI is InChI=1S/C29H26O3S/c1-21(29(30)32-20-22-8-4-3-5-9-22)27-10-6-7-11-28(27)33-26-18-14-24(15-19-26)23-12-16-25(31-2)17-13-23/h3-19,21H,20H2,1-2H3. The molecule has 4 aromatic rings. The van der Waals surface area contributed by atoms with E-state index >= 15 is 0 Å². The summed E-state index contributed by atoms with van der Waals surface area (Å²) in [7, 11) is 1.67. The molecule has 0 saturated heterocycles. The van der Waals surface area contributed by atoms with Crippen LogP contribution in [-0.4, -0.2) is 13.1 Å². The van der Waals surface area contributed by atoms with Crippen LogP contribution >= 0.6 is 11.8 Å². The van der Waals surface area contributed by atoms with E-state index in [0.29, 0.717) is 0 Å². The molecular formula is C29H26O3S. The Kier molecular flexibility index (Phi) is 7.48. The number of rotatable bonds is 8. The molecule has 0 aliphatic heterocycles. The van der Waals surface area contributed by atoms with Crippen molar-refractivity contribution in [3.05, 3.63) is 114 Å². The summed E-state index contributed by atoms with van der Waals surface area (Å²) in [5, 5.41) is 0. The summed E-state index contributed by atoms with van der Waals surface area (Å²) in [4.78, 5) is 14.9. The second kappa shape index (κ2) is 10.9. The molecule has 1 unspecified atom stereocenters. The molecule has 0 heterocycles. The molecule has 0 aromatic heterocycles. The summed E-state index contributed by atoms with van der Waals surface area (Å²) in [6.45, 7) is 2.19. The molecule has 0 bridgehead atoms. The first kappa shape index (κ1) is 22.7. The van der Waals surface area contributed by atoms with E-state index in [9.17, 15) is 4.79 Å². The number of ether oxygens (including phenoxy) is 2. The fourth-order valence-corrected chi connectivity index (χ4v) is 4.57. The van der Waals surface area contributed by atoms with E-state index in [1.807, 2.05) is 67.6 Å². The van der Waals surface area contributed by atoms with Crippen LogP contribution < -0.4 is 4.74 Å². The summed E-state index contributed by atoms with van der Waals surface area (Å²) >= 11 is 1.66. The van der Waals surface area contributed by atoms with Crippen molar-refractivity contribution in [2.24, 2.45) is 0 Å². The Labute approximate surface area is 199 Å². The van der Waals surface area contributed by atoms with Gasteiger partial charge in [-0.05, 0) is 59.5 Å². The first-order chi connectivity index (χ1) is 16.1. The van der Waals surface area contributed by atoms with Crippen LogP contribution in [0.3, 0.4) is 0 Å². The van der Waals surface area contributed by atoms with Crippen molar-refractivity contribution in [2.45, 2.75) is 29.2 Å². The summed E-state index contributed by atoms with van der Waals surface area (Å²) in [6, 6.07) is 34.3. The minimum absolute atomic E-state index is 0.221. The third-order valence-electron chi connectivity index (χ3n) is 5.47. The maximum absolute atomic E-state index is 12.7. The predicted octanol–water partition coefficient (Wildman–Crippen LogP) is 7.36. The predicted molar refractivity (Wildman–Crippen MR) is 134 cm³/mol. The molecule has 4 aromatic carbocycles. The second-order valence-electron chi connectivity index (χ2n) is 7.71. The van der Waals surface area contributed by atoms with Crippen molar-refractivity contribution in [3.63, 3.8) is 0 Å². The van der Waals surface area contributed by atoms with E-state index in [1.165, 1.54) is 0 Å². The Hall–Kier alpha value is -3.50. The lowest BCUT2D eigenvalue weighted by Crippen LogP contribution is -2.13. The number of benzene rings is 4. The van der Waals surface area contributed by atoms with Crippen molar-refractivity contribution in [1.29, 1.82) is 0 Å². The van der Waals surface area contributed by atoms with Gasteiger partial charge >= 0.3 is 5.97 Å². The van der Waals surface area contributed by atoms with E-state index in [0.717, 1.165) is 37.8 Å². The minimum atomic E-state index is -0.351. The molecule has 166 valence electrons. The second-order valence-corrected chi connectivity index (χ2v) is 8.82. The van der Waals surface area contributed by atoms with Crippen LogP contribution in [0.25, 0.3) is 11.1 Å². The van der Waals surface area contributed by atoms with Gasteiger partial charge in [0.2, 0.25) is 0 Å². The van der Waals surface area contributed by atoms with Crippen LogP contribution in [0.15, 0.2) is 113 Å². The van der Waals surface area contributed by atoms with Crippen LogP contribution in [0, 0.1) is 0 Å². The first-order valence-electron chi connectivity index (χ1n) is 10.9. The van der Waals surface area contributed by atoms with E-state index in [4.69, 9.17) is 9.47 Å². The molecule has 0 aliphatic carbocycles. The minimum Gasteiger partial charge on any atom is -0.497 e. The highest BCUT2D eigenvalue weighted by Gasteiger charge is 2.20. The van der Waals surface area contributed by atoms with Gasteiger partial charge in [0.05, 0.1) is 13.0 Å². The zero-order valence-electron chi connectivity index (χ0n) is 18.7. The summed E-state index contributed by atoms with van der Waals surface area (Å²) in [5.74, 6) is 0.275. The Morgan fingerprint density at radius 2 is 1.39 bits per heavy atom. The Balaban J connectivity index is 1.45. The molecule has 0 N–H and O–H groups in total. The number of esters is 1. The fraction of sp³-hybridized carbons (Fsp3) is 0.138. The van der Waals surface area contributed by atoms with Gasteiger partial charge in [-0.3, -0.25) is 4.79 Å². The molecule has 4 rings (SSSR count). The maximum atomic E-state index is 12.7. The summed E-state index contributed by atoms with van der Waals surface area (Å²) in [5.41, 5.74) is 4.24. The Morgan fingerprint density at radius 3 is 2.06 bits per heavy atom. The fourth-order valence-electron chi connectivity index (χ4n) is 3.54. The highest BCUT2D eigenvalue weighted by atomic mass is 32.2. The highest BCUT2D eigenvalue weighted by molar-refractivity contribution is 7.99. The maximum Gasteiger partial charge on any atom is 0.313 e. The van der Waals surface area contributed by atoms with Crippen molar-refractivity contribution in [1.82, 2.24) is 0 Å². The molecule has 33 heavy (non-hydrogen) atoms. The normalized spacial score (nSPS) is 11.6. The Bertz CT molecular complexity index is 1190. The molecule has 3 nitrogen and oxygen atoms in total. The number of hydrogen-bond donors (Lipinski definition) is 0. The van der Waals surface area contributed by atoms with E-state index in [-0.39, 0.29) is 18.5 Å². The van der Waals surface area contributed by atoms with Gasteiger partial charge in [-0.1, -0.05) is 84.6 Å². The van der Waals surface area contributed by atoms with E-state index < -0.39 is 0 Å². The van der Waals surface area contributed by atoms with Crippen LogP contribution in [0.5, 0.6) is 5.75 Å². The van der Waals surface area contributed by atoms with Gasteiger partial charge in [-0.2, -0.15) is 0 Å².